The van der Waals surface area contributed by atoms with Crippen molar-refractivity contribution in [3.05, 3.63) is 109 Å². The van der Waals surface area contributed by atoms with Crippen LogP contribution in [0.15, 0.2) is 74.9 Å². The standard InChI is InChI=1S/C27H23Cl2N5O5/c1-16-27(37)24(35)4-6-33(16)7-5-30-13-17-8-26(36)39-25-12-22(2-3-23(17)25)38-15-20-14-34(32-31-20)21-10-18(28)9-19(29)11-21/h2-4,6,8-12,14,30,37H,5,7,13,15H2,1H3. The zero-order valence-electron chi connectivity index (χ0n) is 20.7. The van der Waals surface area contributed by atoms with Crippen molar-refractivity contribution < 1.29 is 14.3 Å². The Kier molecular flexibility index (Phi) is 7.69. The number of rotatable bonds is 9. The summed E-state index contributed by atoms with van der Waals surface area (Å²) in [5, 5.41) is 23.1. The van der Waals surface area contributed by atoms with Crippen molar-refractivity contribution in [3.8, 4) is 17.2 Å². The number of benzene rings is 2. The Morgan fingerprint density at radius 3 is 2.67 bits per heavy atom. The molecule has 0 aliphatic heterocycles. The molecule has 0 unspecified atom stereocenters. The number of fused-ring (bicyclic) bond motifs is 1. The number of nitrogens with zero attached hydrogens (tertiary/aromatic N) is 4. The van der Waals surface area contributed by atoms with E-state index in [4.69, 9.17) is 32.4 Å². The molecule has 2 aromatic carbocycles. The zero-order valence-corrected chi connectivity index (χ0v) is 22.2. The van der Waals surface area contributed by atoms with E-state index in [9.17, 15) is 14.7 Å². The van der Waals surface area contributed by atoms with Crippen molar-refractivity contribution in [1.82, 2.24) is 24.9 Å². The van der Waals surface area contributed by atoms with Gasteiger partial charge in [0.25, 0.3) is 0 Å². The summed E-state index contributed by atoms with van der Waals surface area (Å²) in [4.78, 5) is 23.7. The third kappa shape index (κ3) is 6.14. The van der Waals surface area contributed by atoms with Crippen LogP contribution in [0.1, 0.15) is 17.0 Å². The van der Waals surface area contributed by atoms with Gasteiger partial charge in [-0.25, -0.2) is 9.48 Å². The molecule has 0 bridgehead atoms. The molecule has 0 aliphatic carbocycles. The first-order valence-corrected chi connectivity index (χ1v) is 12.7. The van der Waals surface area contributed by atoms with Crippen LogP contribution in [0.3, 0.4) is 0 Å². The first kappa shape index (κ1) is 26.5. The maximum absolute atomic E-state index is 12.2. The number of pyridine rings is 1. The Labute approximate surface area is 232 Å². The largest absolute Gasteiger partial charge is 0.503 e. The highest BCUT2D eigenvalue weighted by atomic mass is 35.5. The van der Waals surface area contributed by atoms with Gasteiger partial charge in [-0.3, -0.25) is 4.79 Å². The molecule has 0 saturated carbocycles. The summed E-state index contributed by atoms with van der Waals surface area (Å²) in [6.45, 7) is 3.33. The Morgan fingerprint density at radius 1 is 1.08 bits per heavy atom. The quantitative estimate of drug-likeness (QED) is 0.200. The summed E-state index contributed by atoms with van der Waals surface area (Å²) in [6.07, 6.45) is 3.35. The van der Waals surface area contributed by atoms with Crippen molar-refractivity contribution in [2.75, 3.05) is 6.54 Å². The molecule has 10 nitrogen and oxygen atoms in total. The van der Waals surface area contributed by atoms with Crippen molar-refractivity contribution in [2.45, 2.75) is 26.6 Å². The normalized spacial score (nSPS) is 11.3. The third-order valence-corrected chi connectivity index (χ3v) is 6.54. The summed E-state index contributed by atoms with van der Waals surface area (Å²) in [5.41, 5.74) is 2.05. The van der Waals surface area contributed by atoms with Crippen molar-refractivity contribution in [1.29, 1.82) is 0 Å². The first-order valence-electron chi connectivity index (χ1n) is 11.9. The molecule has 0 fully saturated rings. The van der Waals surface area contributed by atoms with Crippen molar-refractivity contribution >= 4 is 34.2 Å². The van der Waals surface area contributed by atoms with Crippen molar-refractivity contribution in [2.24, 2.45) is 0 Å². The minimum atomic E-state index is -0.472. The van der Waals surface area contributed by atoms with Gasteiger partial charge in [-0.05, 0) is 42.8 Å². The van der Waals surface area contributed by atoms with E-state index < -0.39 is 11.1 Å². The van der Waals surface area contributed by atoms with Gasteiger partial charge in [0.15, 0.2) is 5.75 Å². The molecule has 0 radical (unpaired) electrons. The predicted molar refractivity (Wildman–Crippen MR) is 147 cm³/mol. The highest BCUT2D eigenvalue weighted by Gasteiger charge is 2.10. The lowest BCUT2D eigenvalue weighted by Gasteiger charge is -2.13. The second-order valence-electron chi connectivity index (χ2n) is 8.80. The fraction of sp³-hybridized carbons (Fsp3) is 0.185. The van der Waals surface area contributed by atoms with E-state index in [1.54, 1.807) is 58.9 Å². The topological polar surface area (TPSA) is 124 Å². The van der Waals surface area contributed by atoms with E-state index in [1.165, 1.54) is 12.1 Å². The van der Waals surface area contributed by atoms with Crippen LogP contribution < -0.4 is 21.1 Å². The molecule has 12 heteroatoms. The fourth-order valence-corrected chi connectivity index (χ4v) is 4.61. The molecule has 0 aliphatic rings. The lowest BCUT2D eigenvalue weighted by Crippen LogP contribution is -2.22. The van der Waals surface area contributed by atoms with Crippen LogP contribution in [0.5, 0.6) is 11.5 Å². The van der Waals surface area contributed by atoms with Gasteiger partial charge >= 0.3 is 5.63 Å². The number of aromatic nitrogens is 4. The maximum Gasteiger partial charge on any atom is 0.336 e. The predicted octanol–water partition coefficient (Wildman–Crippen LogP) is 4.23. The maximum atomic E-state index is 12.2. The summed E-state index contributed by atoms with van der Waals surface area (Å²) < 4.78 is 14.6. The molecule has 3 heterocycles. The molecule has 0 spiro atoms. The summed E-state index contributed by atoms with van der Waals surface area (Å²) in [5.74, 6) is 0.252. The summed E-state index contributed by atoms with van der Waals surface area (Å²) in [6, 6.07) is 13.1. The SMILES string of the molecule is Cc1c(O)c(=O)ccn1CCNCc1cc(=O)oc2cc(OCc3cn(-c4cc(Cl)cc(Cl)c4)nn3)ccc12. The lowest BCUT2D eigenvalue weighted by atomic mass is 10.1. The van der Waals surface area contributed by atoms with Gasteiger partial charge < -0.3 is 24.1 Å². The van der Waals surface area contributed by atoms with Gasteiger partial charge in [0.2, 0.25) is 5.43 Å². The second kappa shape index (κ2) is 11.3. The van der Waals surface area contributed by atoms with Crippen LogP contribution in [0.2, 0.25) is 10.0 Å². The Hall–Kier alpha value is -4.12. The molecule has 39 heavy (non-hydrogen) atoms. The fourth-order valence-electron chi connectivity index (χ4n) is 4.09. The van der Waals surface area contributed by atoms with Crippen LogP contribution in [0.4, 0.5) is 0 Å². The molecule has 5 aromatic rings. The Bertz CT molecular complexity index is 1760. The van der Waals surface area contributed by atoms with E-state index in [0.717, 1.165) is 10.9 Å². The van der Waals surface area contributed by atoms with Gasteiger partial charge in [0, 0.05) is 59.5 Å². The van der Waals surface area contributed by atoms with Gasteiger partial charge in [-0.2, -0.15) is 0 Å². The Morgan fingerprint density at radius 2 is 1.87 bits per heavy atom. The zero-order chi connectivity index (χ0) is 27.5. The smallest absolute Gasteiger partial charge is 0.336 e. The lowest BCUT2D eigenvalue weighted by molar-refractivity contribution is 0.301. The van der Waals surface area contributed by atoms with Crippen LogP contribution in [0, 0.1) is 6.92 Å². The summed E-state index contributed by atoms with van der Waals surface area (Å²) in [7, 11) is 0. The molecular formula is C27H23Cl2N5O5. The van der Waals surface area contributed by atoms with Gasteiger partial charge in [0.05, 0.1) is 17.6 Å². The van der Waals surface area contributed by atoms with E-state index in [2.05, 4.69) is 15.6 Å². The molecule has 5 rings (SSSR count). The average Bonchev–Trinajstić information content (AvgIpc) is 3.38. The van der Waals surface area contributed by atoms with Crippen LogP contribution in [-0.2, 0) is 19.7 Å². The number of hydrogen-bond donors (Lipinski definition) is 2. The minimum Gasteiger partial charge on any atom is -0.503 e. The molecule has 0 atom stereocenters. The Balaban J connectivity index is 1.23. The highest BCUT2D eigenvalue weighted by molar-refractivity contribution is 6.34. The number of nitrogens with one attached hydrogen (secondary N) is 1. The summed E-state index contributed by atoms with van der Waals surface area (Å²) >= 11 is 12.1. The van der Waals surface area contributed by atoms with Crippen LogP contribution in [0.25, 0.3) is 16.7 Å². The van der Waals surface area contributed by atoms with E-state index in [1.807, 2.05) is 6.07 Å². The van der Waals surface area contributed by atoms with Gasteiger partial charge in [-0.1, -0.05) is 28.4 Å². The molecule has 3 aromatic heterocycles. The number of aromatic hydroxyl groups is 1. The van der Waals surface area contributed by atoms with Gasteiger partial charge in [0.1, 0.15) is 23.6 Å². The molecule has 200 valence electrons. The monoisotopic (exact) mass is 567 g/mol. The molecule has 0 amide bonds. The molecule has 0 saturated heterocycles. The average molecular weight is 568 g/mol. The second-order valence-corrected chi connectivity index (χ2v) is 9.68. The molecule has 2 N–H and O–H groups in total. The highest BCUT2D eigenvalue weighted by Crippen LogP contribution is 2.24. The van der Waals surface area contributed by atoms with Crippen LogP contribution in [-0.4, -0.2) is 31.2 Å². The minimum absolute atomic E-state index is 0.144. The van der Waals surface area contributed by atoms with Crippen molar-refractivity contribution in [3.63, 3.8) is 0 Å². The van der Waals surface area contributed by atoms with E-state index >= 15 is 0 Å². The van der Waals surface area contributed by atoms with E-state index in [-0.39, 0.29) is 12.4 Å². The molecular weight excluding hydrogens is 545 g/mol. The number of hydrogen-bond acceptors (Lipinski definition) is 8. The third-order valence-electron chi connectivity index (χ3n) is 6.10. The van der Waals surface area contributed by atoms with Crippen LogP contribution >= 0.6 is 23.2 Å². The number of ether oxygens (including phenoxy) is 1. The number of halogens is 2. The first-order chi connectivity index (χ1) is 18.8. The van der Waals surface area contributed by atoms with E-state index in [0.29, 0.717) is 58.1 Å². The van der Waals surface area contributed by atoms with Gasteiger partial charge in [-0.15, -0.1) is 5.10 Å².